The van der Waals surface area contributed by atoms with Gasteiger partial charge in [-0.05, 0) is 24.3 Å². The quantitative estimate of drug-likeness (QED) is 0.128. The van der Waals surface area contributed by atoms with Crippen LogP contribution in [0.1, 0.15) is 0 Å². The number of fused-ring (bicyclic) bond motifs is 1. The maximum absolute atomic E-state index is 13.7. The molecule has 17 heteroatoms. The summed E-state index contributed by atoms with van der Waals surface area (Å²) in [6.07, 6.45) is -18.4. The number of carbonyl (C=O) groups is 1. The summed E-state index contributed by atoms with van der Waals surface area (Å²) in [6.45, 7) is -0.784. The zero-order valence-corrected chi connectivity index (χ0v) is 22.3. The maximum atomic E-state index is 13.7. The van der Waals surface area contributed by atoms with Gasteiger partial charge in [0.1, 0.15) is 70.9 Å². The predicted octanol–water partition coefficient (Wildman–Crippen LogP) is -2.68. The van der Waals surface area contributed by atoms with Gasteiger partial charge in [0.2, 0.25) is 23.8 Å². The molecular formula is C27H28O17. The van der Waals surface area contributed by atoms with Crippen molar-refractivity contribution in [2.45, 2.75) is 61.4 Å². The Kier molecular flexibility index (Phi) is 8.67. The standard InChI is InChI=1S/C27H28O17/c28-7-13-15(31)17(33)20(36)27(42-13)43-23-16(32)14-11(30)5-10(6-12(14)41-22(23)8-1-3-9(29)4-2-8)40-26-21(37)18(34)19(35)24(44-26)25(38)39/h1-6,13,15,17-21,24,26-31,33-37H,7H2,(H,38,39)/t13-,15-,17+,18+,19+,20-,21-,24+,26?,27?/m1/s1. The second-order valence-electron chi connectivity index (χ2n) is 10.1. The minimum Gasteiger partial charge on any atom is -0.508 e. The number of hydrogen-bond acceptors (Lipinski definition) is 16. The van der Waals surface area contributed by atoms with Gasteiger partial charge >= 0.3 is 5.97 Å². The molecule has 0 spiro atoms. The summed E-state index contributed by atoms with van der Waals surface area (Å²) in [7, 11) is 0. The van der Waals surface area contributed by atoms with Gasteiger partial charge in [-0.3, -0.25) is 4.79 Å². The van der Waals surface area contributed by atoms with Crippen molar-refractivity contribution in [1.29, 1.82) is 0 Å². The van der Waals surface area contributed by atoms with Crippen LogP contribution in [-0.4, -0.2) is 125 Å². The fourth-order valence-electron chi connectivity index (χ4n) is 4.80. The molecule has 238 valence electrons. The SMILES string of the molecule is O=C(O)[C@H]1OC(Oc2cc(O)c3c(=O)c(OC4O[C@H](CO)[C@@H](O)[C@H](O)[C@H]4O)c(-c4ccc(O)cc4)oc3c2)[C@H](O)[C@@H](O)[C@@H]1O. The molecule has 0 bridgehead atoms. The van der Waals surface area contributed by atoms with Crippen LogP contribution in [-0.2, 0) is 14.3 Å². The molecule has 44 heavy (non-hydrogen) atoms. The molecule has 2 unspecified atom stereocenters. The average Bonchev–Trinajstić information content (AvgIpc) is 2.98. The van der Waals surface area contributed by atoms with E-state index in [0.717, 1.165) is 12.1 Å². The summed E-state index contributed by atoms with van der Waals surface area (Å²) < 4.78 is 27.4. The van der Waals surface area contributed by atoms with E-state index in [9.17, 15) is 60.7 Å². The number of benzene rings is 2. The normalized spacial score (nSPS) is 32.3. The Labute approximate surface area is 245 Å². The van der Waals surface area contributed by atoms with E-state index in [-0.39, 0.29) is 28.4 Å². The highest BCUT2D eigenvalue weighted by atomic mass is 16.7. The van der Waals surface area contributed by atoms with Gasteiger partial charge in [0.15, 0.2) is 11.9 Å². The van der Waals surface area contributed by atoms with E-state index < -0.39 is 96.3 Å². The highest BCUT2D eigenvalue weighted by molar-refractivity contribution is 5.88. The molecule has 2 fully saturated rings. The first-order valence-electron chi connectivity index (χ1n) is 13.0. The minimum absolute atomic E-state index is 0.125. The number of carboxylic acids is 1. The van der Waals surface area contributed by atoms with E-state index in [2.05, 4.69) is 0 Å². The molecule has 3 heterocycles. The highest BCUT2D eigenvalue weighted by Gasteiger charge is 2.48. The molecule has 17 nitrogen and oxygen atoms in total. The van der Waals surface area contributed by atoms with Crippen molar-refractivity contribution < 1.29 is 79.2 Å². The van der Waals surface area contributed by atoms with Gasteiger partial charge in [-0.1, -0.05) is 0 Å². The fourth-order valence-corrected chi connectivity index (χ4v) is 4.80. The Morgan fingerprint density at radius 3 is 2.02 bits per heavy atom. The summed E-state index contributed by atoms with van der Waals surface area (Å²) in [5.74, 6) is -3.91. The molecule has 10 N–H and O–H groups in total. The Bertz CT molecular complexity index is 1570. The van der Waals surface area contributed by atoms with E-state index in [4.69, 9.17) is 23.4 Å². The molecule has 0 aliphatic carbocycles. The van der Waals surface area contributed by atoms with Gasteiger partial charge in [0, 0.05) is 17.7 Å². The van der Waals surface area contributed by atoms with Crippen molar-refractivity contribution in [2.75, 3.05) is 6.61 Å². The number of aliphatic hydroxyl groups excluding tert-OH is 7. The molecule has 2 aromatic carbocycles. The van der Waals surface area contributed by atoms with Crippen LogP contribution < -0.4 is 14.9 Å². The van der Waals surface area contributed by atoms with Crippen LogP contribution in [0.25, 0.3) is 22.3 Å². The van der Waals surface area contributed by atoms with Crippen LogP contribution in [0.15, 0.2) is 45.6 Å². The number of carboxylic acid groups (broad SMARTS) is 1. The topological polar surface area (TPSA) is 286 Å². The lowest BCUT2D eigenvalue weighted by Gasteiger charge is -2.39. The third-order valence-corrected chi connectivity index (χ3v) is 7.18. The number of aromatic hydroxyl groups is 2. The molecule has 2 aliphatic rings. The van der Waals surface area contributed by atoms with Crippen LogP contribution in [0.2, 0.25) is 0 Å². The lowest BCUT2D eigenvalue weighted by Crippen LogP contribution is -2.61. The van der Waals surface area contributed by atoms with Crippen LogP contribution in [0.5, 0.6) is 23.0 Å². The van der Waals surface area contributed by atoms with Crippen molar-refractivity contribution in [3.8, 4) is 34.3 Å². The number of hydrogen-bond donors (Lipinski definition) is 10. The minimum atomic E-state index is -1.99. The molecule has 2 saturated heterocycles. The molecule has 0 radical (unpaired) electrons. The van der Waals surface area contributed by atoms with Crippen molar-refractivity contribution >= 4 is 16.9 Å². The van der Waals surface area contributed by atoms with Gasteiger partial charge in [-0.15, -0.1) is 0 Å². The van der Waals surface area contributed by atoms with E-state index >= 15 is 0 Å². The first kappa shape index (κ1) is 31.4. The third kappa shape index (κ3) is 5.63. The number of ether oxygens (including phenoxy) is 4. The zero-order valence-electron chi connectivity index (χ0n) is 22.3. The number of rotatable bonds is 7. The summed E-state index contributed by atoms with van der Waals surface area (Å²) in [5, 5.41) is 99.8. The van der Waals surface area contributed by atoms with Crippen LogP contribution in [0.3, 0.4) is 0 Å². The third-order valence-electron chi connectivity index (χ3n) is 7.18. The number of aliphatic carboxylic acids is 1. The number of phenolic OH excluding ortho intramolecular Hbond substituents is 2. The predicted molar refractivity (Wildman–Crippen MR) is 141 cm³/mol. The lowest BCUT2D eigenvalue weighted by atomic mass is 9.99. The molecule has 3 aromatic rings. The lowest BCUT2D eigenvalue weighted by molar-refractivity contribution is -0.277. The van der Waals surface area contributed by atoms with Gasteiger partial charge in [0.25, 0.3) is 0 Å². The Hall–Kier alpha value is -4.04. The van der Waals surface area contributed by atoms with E-state index in [1.54, 1.807) is 0 Å². The first-order valence-corrected chi connectivity index (χ1v) is 13.0. The second-order valence-corrected chi connectivity index (χ2v) is 10.1. The molecule has 1 aromatic heterocycles. The Morgan fingerprint density at radius 2 is 1.41 bits per heavy atom. The zero-order chi connectivity index (χ0) is 32.0. The van der Waals surface area contributed by atoms with E-state index in [0.29, 0.717) is 0 Å². The largest absolute Gasteiger partial charge is 0.508 e. The average molecular weight is 625 g/mol. The van der Waals surface area contributed by atoms with Crippen LogP contribution >= 0.6 is 0 Å². The number of aliphatic hydroxyl groups is 7. The summed E-state index contributed by atoms with van der Waals surface area (Å²) in [5.41, 5.74) is -1.26. The van der Waals surface area contributed by atoms with E-state index in [1.165, 1.54) is 24.3 Å². The van der Waals surface area contributed by atoms with Gasteiger partial charge in [-0.25, -0.2) is 4.79 Å². The first-order chi connectivity index (χ1) is 20.8. The summed E-state index contributed by atoms with van der Waals surface area (Å²) >= 11 is 0. The summed E-state index contributed by atoms with van der Waals surface area (Å²) in [4.78, 5) is 25.1. The fraction of sp³-hybridized carbons (Fsp3) is 0.407. The van der Waals surface area contributed by atoms with Gasteiger partial charge in [-0.2, -0.15) is 0 Å². The molecule has 10 atom stereocenters. The molecule has 2 aliphatic heterocycles. The Morgan fingerprint density at radius 1 is 0.795 bits per heavy atom. The molecular weight excluding hydrogens is 596 g/mol. The molecule has 0 saturated carbocycles. The Balaban J connectivity index is 1.58. The smallest absolute Gasteiger partial charge is 0.335 e. The van der Waals surface area contributed by atoms with Crippen LogP contribution in [0, 0.1) is 0 Å². The number of phenols is 2. The van der Waals surface area contributed by atoms with Gasteiger partial charge < -0.3 is 74.4 Å². The highest BCUT2D eigenvalue weighted by Crippen LogP contribution is 2.38. The monoisotopic (exact) mass is 624 g/mol. The van der Waals surface area contributed by atoms with Gasteiger partial charge in [0.05, 0.1) is 6.61 Å². The van der Waals surface area contributed by atoms with E-state index in [1.807, 2.05) is 0 Å². The second kappa shape index (κ2) is 12.2. The van der Waals surface area contributed by atoms with Crippen LogP contribution in [0.4, 0.5) is 0 Å². The van der Waals surface area contributed by atoms with Crippen molar-refractivity contribution in [3.05, 3.63) is 46.6 Å². The molecule has 0 amide bonds. The van der Waals surface area contributed by atoms with Crippen molar-refractivity contribution in [2.24, 2.45) is 0 Å². The maximum Gasteiger partial charge on any atom is 0.335 e. The van der Waals surface area contributed by atoms with Crippen molar-refractivity contribution in [3.63, 3.8) is 0 Å². The summed E-state index contributed by atoms with van der Waals surface area (Å²) in [6, 6.07) is 7.07. The molecule has 5 rings (SSSR count). The van der Waals surface area contributed by atoms with Crippen molar-refractivity contribution in [1.82, 2.24) is 0 Å².